The lowest BCUT2D eigenvalue weighted by Gasteiger charge is -2.22. The van der Waals surface area contributed by atoms with Crippen molar-refractivity contribution in [1.82, 2.24) is 10.2 Å². The summed E-state index contributed by atoms with van der Waals surface area (Å²) >= 11 is 0. The van der Waals surface area contributed by atoms with Crippen LogP contribution in [-0.2, 0) is 14.8 Å². The molecule has 142 valence electrons. The maximum Gasteiger partial charge on any atom is 0.285 e. The van der Waals surface area contributed by atoms with Crippen molar-refractivity contribution >= 4 is 21.8 Å². The number of hydrogen-bond acceptors (Lipinski definition) is 4. The third kappa shape index (κ3) is 4.44. The van der Waals surface area contributed by atoms with Crippen LogP contribution >= 0.6 is 0 Å². The largest absolute Gasteiger partial charge is 0.354 e. The molecule has 0 radical (unpaired) electrons. The zero-order valence-electron chi connectivity index (χ0n) is 15.3. The van der Waals surface area contributed by atoms with E-state index in [1.54, 1.807) is 36.2 Å². The number of nitrogens with zero attached hydrogens (tertiary/aromatic N) is 2. The maximum atomic E-state index is 12.3. The van der Waals surface area contributed by atoms with Crippen LogP contribution in [0.3, 0.4) is 0 Å². The molecule has 7 heteroatoms. The van der Waals surface area contributed by atoms with Crippen LogP contribution in [0.15, 0.2) is 33.6 Å². The van der Waals surface area contributed by atoms with E-state index in [-0.39, 0.29) is 17.3 Å². The van der Waals surface area contributed by atoms with Crippen LogP contribution in [0.5, 0.6) is 0 Å². The van der Waals surface area contributed by atoms with Crippen molar-refractivity contribution in [2.75, 3.05) is 20.1 Å². The van der Waals surface area contributed by atoms with Gasteiger partial charge in [-0.1, -0.05) is 44.2 Å². The number of amidine groups is 1. The Hall–Kier alpha value is -1.89. The molecule has 0 bridgehead atoms. The van der Waals surface area contributed by atoms with Crippen molar-refractivity contribution in [3.8, 4) is 0 Å². The fourth-order valence-corrected chi connectivity index (χ4v) is 4.96. The van der Waals surface area contributed by atoms with E-state index in [0.717, 1.165) is 0 Å². The topological polar surface area (TPSA) is 78.8 Å². The number of benzene rings is 1. The quantitative estimate of drug-likeness (QED) is 0.875. The van der Waals surface area contributed by atoms with Gasteiger partial charge in [0.2, 0.25) is 5.91 Å². The molecule has 2 aliphatic rings. The molecule has 26 heavy (non-hydrogen) atoms. The molecular formula is C19H27N3O3S. The van der Waals surface area contributed by atoms with Gasteiger partial charge in [0.25, 0.3) is 10.0 Å². The molecule has 1 heterocycles. The lowest BCUT2D eigenvalue weighted by atomic mass is 9.91. The Balaban J connectivity index is 1.56. The van der Waals surface area contributed by atoms with Gasteiger partial charge in [0.15, 0.2) is 5.84 Å². The summed E-state index contributed by atoms with van der Waals surface area (Å²) in [5.41, 5.74) is 0.558. The molecule has 1 aromatic rings. The second-order valence-corrected chi connectivity index (χ2v) is 8.83. The second kappa shape index (κ2) is 8.20. The first-order valence-electron chi connectivity index (χ1n) is 9.39. The summed E-state index contributed by atoms with van der Waals surface area (Å²) in [5, 5.41) is 3.01. The van der Waals surface area contributed by atoms with Crippen molar-refractivity contribution in [1.29, 1.82) is 0 Å². The van der Waals surface area contributed by atoms with Gasteiger partial charge in [0.05, 0.1) is 6.54 Å². The second-order valence-electron chi connectivity index (χ2n) is 7.26. The van der Waals surface area contributed by atoms with E-state index in [1.807, 2.05) is 0 Å². The predicted octanol–water partition coefficient (Wildman–Crippen LogP) is 2.54. The van der Waals surface area contributed by atoms with Crippen LogP contribution in [0.1, 0.15) is 50.5 Å². The van der Waals surface area contributed by atoms with Crippen molar-refractivity contribution in [2.24, 2.45) is 10.3 Å². The number of likely N-dealkylation sites (N-methyl/N-ethyl adjacent to an activating group) is 1. The molecule has 1 saturated carbocycles. The van der Waals surface area contributed by atoms with Crippen LogP contribution in [-0.4, -0.2) is 45.2 Å². The fourth-order valence-electron chi connectivity index (χ4n) is 3.71. The minimum Gasteiger partial charge on any atom is -0.354 e. The Kier molecular flexibility index (Phi) is 5.96. The Labute approximate surface area is 155 Å². The SMILES string of the molecule is CN(CC(=O)NCC1CCCCCCC1)C1=NS(=O)(=O)c2ccccc21. The van der Waals surface area contributed by atoms with Gasteiger partial charge in [-0.2, -0.15) is 8.42 Å². The Morgan fingerprint density at radius 1 is 1.15 bits per heavy atom. The number of carbonyl (C=O) groups excluding carboxylic acids is 1. The summed E-state index contributed by atoms with van der Waals surface area (Å²) < 4.78 is 28.1. The van der Waals surface area contributed by atoms with Crippen molar-refractivity contribution in [3.05, 3.63) is 29.8 Å². The molecule has 1 aliphatic carbocycles. The lowest BCUT2D eigenvalue weighted by molar-refractivity contribution is -0.121. The van der Waals surface area contributed by atoms with E-state index in [2.05, 4.69) is 9.71 Å². The fraction of sp³-hybridized carbons (Fsp3) is 0.579. The average molecular weight is 378 g/mol. The van der Waals surface area contributed by atoms with E-state index in [0.29, 0.717) is 23.9 Å². The van der Waals surface area contributed by atoms with Crippen molar-refractivity contribution in [3.63, 3.8) is 0 Å². The van der Waals surface area contributed by atoms with Crippen LogP contribution in [0.4, 0.5) is 0 Å². The average Bonchev–Trinajstić information content (AvgIpc) is 2.86. The van der Waals surface area contributed by atoms with Crippen LogP contribution in [0.25, 0.3) is 0 Å². The van der Waals surface area contributed by atoms with Crippen LogP contribution in [0.2, 0.25) is 0 Å². The summed E-state index contributed by atoms with van der Waals surface area (Å²) in [6.07, 6.45) is 8.75. The molecule has 1 aliphatic heterocycles. The number of hydrogen-bond donors (Lipinski definition) is 1. The minimum atomic E-state index is -3.66. The first-order chi connectivity index (χ1) is 12.5. The summed E-state index contributed by atoms with van der Waals surface area (Å²) in [6.45, 7) is 0.795. The first kappa shape index (κ1) is 18.9. The highest BCUT2D eigenvalue weighted by molar-refractivity contribution is 7.90. The number of rotatable bonds is 4. The molecule has 0 unspecified atom stereocenters. The molecule has 1 amide bonds. The summed E-state index contributed by atoms with van der Waals surface area (Å²) in [5.74, 6) is 0.787. The van der Waals surface area contributed by atoms with Crippen molar-refractivity contribution in [2.45, 2.75) is 49.8 Å². The van der Waals surface area contributed by atoms with Crippen LogP contribution in [0, 0.1) is 5.92 Å². The predicted molar refractivity (Wildman–Crippen MR) is 102 cm³/mol. The van der Waals surface area contributed by atoms with Gasteiger partial charge in [-0.3, -0.25) is 4.79 Å². The zero-order chi connectivity index (χ0) is 18.6. The maximum absolute atomic E-state index is 12.3. The van der Waals surface area contributed by atoms with Crippen molar-refractivity contribution < 1.29 is 13.2 Å². The number of sulfonamides is 1. The van der Waals surface area contributed by atoms with E-state index in [4.69, 9.17) is 0 Å². The summed E-state index contributed by atoms with van der Waals surface area (Å²) in [7, 11) is -1.96. The highest BCUT2D eigenvalue weighted by Crippen LogP contribution is 2.27. The molecule has 1 N–H and O–H groups in total. The number of amides is 1. The molecule has 0 saturated heterocycles. The lowest BCUT2D eigenvalue weighted by Crippen LogP contribution is -2.40. The molecular weight excluding hydrogens is 350 g/mol. The van der Waals surface area contributed by atoms with E-state index in [9.17, 15) is 13.2 Å². The molecule has 1 aromatic carbocycles. The molecule has 3 rings (SSSR count). The Bertz CT molecular complexity index is 781. The first-order valence-corrected chi connectivity index (χ1v) is 10.8. The summed E-state index contributed by atoms with van der Waals surface area (Å²) in [4.78, 5) is 14.1. The molecule has 0 aromatic heterocycles. The third-order valence-corrected chi connectivity index (χ3v) is 6.49. The summed E-state index contributed by atoms with van der Waals surface area (Å²) in [6, 6.07) is 6.72. The number of carbonyl (C=O) groups is 1. The zero-order valence-corrected chi connectivity index (χ0v) is 16.1. The number of nitrogens with one attached hydrogen (secondary N) is 1. The molecule has 0 atom stereocenters. The normalized spacial score (nSPS) is 19.8. The molecule has 6 nitrogen and oxygen atoms in total. The van der Waals surface area contributed by atoms with Gasteiger partial charge in [-0.15, -0.1) is 4.40 Å². The monoisotopic (exact) mass is 377 g/mol. The Morgan fingerprint density at radius 2 is 1.81 bits per heavy atom. The number of fused-ring (bicyclic) bond motifs is 1. The highest BCUT2D eigenvalue weighted by atomic mass is 32.2. The minimum absolute atomic E-state index is 0.0927. The third-order valence-electron chi connectivity index (χ3n) is 5.17. The van der Waals surface area contributed by atoms with Gasteiger partial charge < -0.3 is 10.2 Å². The van der Waals surface area contributed by atoms with Crippen LogP contribution < -0.4 is 5.32 Å². The van der Waals surface area contributed by atoms with Gasteiger partial charge in [-0.05, 0) is 30.9 Å². The van der Waals surface area contributed by atoms with Gasteiger partial charge in [0, 0.05) is 19.2 Å². The highest BCUT2D eigenvalue weighted by Gasteiger charge is 2.30. The molecule has 1 fully saturated rings. The Morgan fingerprint density at radius 3 is 2.54 bits per heavy atom. The van der Waals surface area contributed by atoms with E-state index in [1.165, 1.54) is 44.9 Å². The van der Waals surface area contributed by atoms with E-state index < -0.39 is 10.0 Å². The van der Waals surface area contributed by atoms with Gasteiger partial charge >= 0.3 is 0 Å². The van der Waals surface area contributed by atoms with E-state index >= 15 is 0 Å². The molecule has 0 spiro atoms. The van der Waals surface area contributed by atoms with Gasteiger partial charge in [0.1, 0.15) is 4.90 Å². The van der Waals surface area contributed by atoms with Gasteiger partial charge in [-0.25, -0.2) is 0 Å². The standard InChI is InChI=1S/C19H27N3O3S/c1-22(19-16-11-7-8-12-17(16)26(24,25)21-19)14-18(23)20-13-15-9-5-3-2-4-6-10-15/h7-8,11-12,15H,2-6,9-10,13-14H2,1H3,(H,20,23). The smallest absolute Gasteiger partial charge is 0.285 e.